The summed E-state index contributed by atoms with van der Waals surface area (Å²) >= 11 is 4.47. The van der Waals surface area contributed by atoms with Crippen molar-refractivity contribution in [2.24, 2.45) is 0 Å². The maximum Gasteiger partial charge on any atom is 0.262 e. The second-order valence-corrected chi connectivity index (χ2v) is 6.65. The number of halogens is 2. The molecule has 1 aromatic carbocycles. The highest BCUT2D eigenvalue weighted by Crippen LogP contribution is 2.31. The fraction of sp³-hybridized carbons (Fsp3) is 0.200. The Hall–Kier alpha value is -1.91. The summed E-state index contributed by atoms with van der Waals surface area (Å²) in [6, 6.07) is 6.38. The van der Waals surface area contributed by atoms with E-state index in [1.165, 1.54) is 23.5 Å². The van der Waals surface area contributed by atoms with Gasteiger partial charge in [0.1, 0.15) is 11.1 Å². The largest absolute Gasteiger partial charge is 0.481 e. The molecule has 0 atom stereocenters. The van der Waals surface area contributed by atoms with Crippen LogP contribution >= 0.6 is 27.3 Å². The Morgan fingerprint density at radius 2 is 2.23 bits per heavy atom. The molecule has 22 heavy (non-hydrogen) atoms. The molecule has 0 spiro atoms. The number of nitrogens with zero attached hydrogens (tertiary/aromatic N) is 1. The van der Waals surface area contributed by atoms with Gasteiger partial charge in [-0.2, -0.15) is 5.26 Å². The zero-order valence-corrected chi connectivity index (χ0v) is 14.3. The van der Waals surface area contributed by atoms with Crippen molar-refractivity contribution in [2.75, 3.05) is 11.9 Å². The number of nitrogens with one attached hydrogen (secondary N) is 1. The van der Waals surface area contributed by atoms with E-state index in [1.54, 1.807) is 6.07 Å². The molecule has 0 aliphatic carbocycles. The molecule has 7 heteroatoms. The lowest BCUT2D eigenvalue weighted by molar-refractivity contribution is -0.118. The van der Waals surface area contributed by atoms with Gasteiger partial charge in [0.25, 0.3) is 5.91 Å². The Morgan fingerprint density at radius 1 is 1.50 bits per heavy atom. The Morgan fingerprint density at radius 3 is 2.86 bits per heavy atom. The van der Waals surface area contributed by atoms with Crippen LogP contribution in [0.1, 0.15) is 16.0 Å². The summed E-state index contributed by atoms with van der Waals surface area (Å²) in [4.78, 5) is 12.8. The molecule has 0 saturated heterocycles. The minimum absolute atomic E-state index is 0.00241. The van der Waals surface area contributed by atoms with Crippen molar-refractivity contribution in [3.63, 3.8) is 0 Å². The lowest BCUT2D eigenvalue weighted by Gasteiger charge is -2.07. The highest BCUT2D eigenvalue weighted by Gasteiger charge is 2.15. The molecule has 4 nitrogen and oxygen atoms in total. The van der Waals surface area contributed by atoms with Gasteiger partial charge in [-0.15, -0.1) is 11.3 Å². The molecule has 1 amide bonds. The van der Waals surface area contributed by atoms with Gasteiger partial charge in [-0.1, -0.05) is 15.9 Å². The Bertz CT molecular complexity index is 768. The second kappa shape index (κ2) is 6.90. The molecule has 1 N–H and O–H groups in total. The van der Waals surface area contributed by atoms with Crippen LogP contribution in [0.15, 0.2) is 22.7 Å². The average Bonchev–Trinajstić information content (AvgIpc) is 2.72. The smallest absolute Gasteiger partial charge is 0.262 e. The van der Waals surface area contributed by atoms with Crippen LogP contribution in [0, 0.1) is 31.0 Å². The van der Waals surface area contributed by atoms with E-state index < -0.39 is 11.7 Å². The van der Waals surface area contributed by atoms with Crippen LogP contribution < -0.4 is 10.1 Å². The number of carbonyl (C=O) groups is 1. The molecule has 0 saturated carbocycles. The zero-order valence-electron chi connectivity index (χ0n) is 11.9. The summed E-state index contributed by atoms with van der Waals surface area (Å²) in [5.74, 6) is -1.000. The number of benzene rings is 1. The predicted octanol–water partition coefficient (Wildman–Crippen LogP) is 4.16. The highest BCUT2D eigenvalue weighted by atomic mass is 79.9. The standard InChI is InChI=1S/C15H12BrFN2O2S/c1-8-9(2)22-15(11(8)6-18)19-14(20)7-21-13-4-3-10(16)5-12(13)17/h3-5H,7H2,1-2H3,(H,19,20). The third-order valence-electron chi connectivity index (χ3n) is 3.00. The first-order valence-electron chi connectivity index (χ1n) is 6.30. The summed E-state index contributed by atoms with van der Waals surface area (Å²) in [5, 5.41) is 12.2. The number of carbonyl (C=O) groups excluding carboxylic acids is 1. The van der Waals surface area contributed by atoms with E-state index in [4.69, 9.17) is 10.00 Å². The van der Waals surface area contributed by atoms with Crippen LogP contribution in [0.5, 0.6) is 5.75 Å². The summed E-state index contributed by atoms with van der Waals surface area (Å²) in [6.45, 7) is 3.37. The van der Waals surface area contributed by atoms with Crippen LogP contribution in [-0.2, 0) is 4.79 Å². The number of hydrogen-bond donors (Lipinski definition) is 1. The molecule has 0 aliphatic heterocycles. The topological polar surface area (TPSA) is 62.1 Å². The fourth-order valence-electron chi connectivity index (χ4n) is 1.75. The SMILES string of the molecule is Cc1sc(NC(=O)COc2ccc(Br)cc2F)c(C#N)c1C. The number of aryl methyl sites for hydroxylation is 1. The van der Waals surface area contributed by atoms with E-state index >= 15 is 0 Å². The summed E-state index contributed by atoms with van der Waals surface area (Å²) in [5.41, 5.74) is 1.30. The molecule has 0 aliphatic rings. The molecule has 0 radical (unpaired) electrons. The first kappa shape index (κ1) is 16.5. The van der Waals surface area contributed by atoms with Gasteiger partial charge in [-0.3, -0.25) is 4.79 Å². The lowest BCUT2D eigenvalue weighted by atomic mass is 10.2. The molecule has 114 valence electrons. The Labute approximate surface area is 139 Å². The van der Waals surface area contributed by atoms with Crippen LogP contribution in [-0.4, -0.2) is 12.5 Å². The van der Waals surface area contributed by atoms with Gasteiger partial charge >= 0.3 is 0 Å². The molecular formula is C15H12BrFN2O2S. The van der Waals surface area contributed by atoms with Crippen molar-refractivity contribution < 1.29 is 13.9 Å². The first-order chi connectivity index (χ1) is 10.4. The molecule has 1 heterocycles. The van der Waals surface area contributed by atoms with Crippen molar-refractivity contribution >= 4 is 38.2 Å². The quantitative estimate of drug-likeness (QED) is 0.863. The van der Waals surface area contributed by atoms with E-state index in [0.29, 0.717) is 15.0 Å². The molecular weight excluding hydrogens is 371 g/mol. The van der Waals surface area contributed by atoms with E-state index in [9.17, 15) is 9.18 Å². The minimum Gasteiger partial charge on any atom is -0.481 e. The number of ether oxygens (including phenoxy) is 1. The maximum absolute atomic E-state index is 13.6. The molecule has 1 aromatic heterocycles. The van der Waals surface area contributed by atoms with Gasteiger partial charge in [-0.25, -0.2) is 4.39 Å². The summed E-state index contributed by atoms with van der Waals surface area (Å²) in [7, 11) is 0. The predicted molar refractivity (Wildman–Crippen MR) is 86.7 cm³/mol. The number of amides is 1. The molecule has 0 unspecified atom stereocenters. The number of rotatable bonds is 4. The van der Waals surface area contributed by atoms with Crippen molar-refractivity contribution in [3.8, 4) is 11.8 Å². The minimum atomic E-state index is -0.553. The van der Waals surface area contributed by atoms with Gasteiger partial charge in [0.05, 0.1) is 5.56 Å². The van der Waals surface area contributed by atoms with Gasteiger partial charge in [0, 0.05) is 9.35 Å². The van der Waals surface area contributed by atoms with E-state index in [-0.39, 0.29) is 12.4 Å². The van der Waals surface area contributed by atoms with Crippen LogP contribution in [0.3, 0.4) is 0 Å². The zero-order chi connectivity index (χ0) is 16.3. The number of anilines is 1. The maximum atomic E-state index is 13.6. The third kappa shape index (κ3) is 3.64. The molecule has 2 rings (SSSR count). The van der Waals surface area contributed by atoms with E-state index in [0.717, 1.165) is 10.4 Å². The third-order valence-corrected chi connectivity index (χ3v) is 4.62. The second-order valence-electron chi connectivity index (χ2n) is 4.51. The highest BCUT2D eigenvalue weighted by molar-refractivity contribution is 9.10. The normalized spacial score (nSPS) is 10.1. The van der Waals surface area contributed by atoms with E-state index in [1.807, 2.05) is 13.8 Å². The van der Waals surface area contributed by atoms with Crippen molar-refractivity contribution in [3.05, 3.63) is 44.5 Å². The molecule has 0 bridgehead atoms. The van der Waals surface area contributed by atoms with Gasteiger partial charge in [-0.05, 0) is 37.6 Å². The van der Waals surface area contributed by atoms with Crippen LogP contribution in [0.2, 0.25) is 0 Å². The van der Waals surface area contributed by atoms with E-state index in [2.05, 4.69) is 27.3 Å². The average molecular weight is 383 g/mol. The molecule has 2 aromatic rings. The molecule has 0 fully saturated rings. The Kier molecular flexibility index (Phi) is 5.16. The van der Waals surface area contributed by atoms with Crippen LogP contribution in [0.4, 0.5) is 9.39 Å². The van der Waals surface area contributed by atoms with Crippen molar-refractivity contribution in [1.82, 2.24) is 0 Å². The Balaban J connectivity index is 2.02. The summed E-state index contributed by atoms with van der Waals surface area (Å²) in [6.07, 6.45) is 0. The van der Waals surface area contributed by atoms with Gasteiger partial charge < -0.3 is 10.1 Å². The number of hydrogen-bond acceptors (Lipinski definition) is 4. The number of thiophene rings is 1. The monoisotopic (exact) mass is 382 g/mol. The fourth-order valence-corrected chi connectivity index (χ4v) is 3.11. The van der Waals surface area contributed by atoms with Crippen LogP contribution in [0.25, 0.3) is 0 Å². The first-order valence-corrected chi connectivity index (χ1v) is 7.91. The van der Waals surface area contributed by atoms with Gasteiger partial charge in [0.15, 0.2) is 18.2 Å². The lowest BCUT2D eigenvalue weighted by Crippen LogP contribution is -2.20. The van der Waals surface area contributed by atoms with Crippen molar-refractivity contribution in [2.45, 2.75) is 13.8 Å². The van der Waals surface area contributed by atoms with Crippen molar-refractivity contribution in [1.29, 1.82) is 5.26 Å². The summed E-state index contributed by atoms with van der Waals surface area (Å²) < 4.78 is 19.3. The van der Waals surface area contributed by atoms with Gasteiger partial charge in [0.2, 0.25) is 0 Å². The number of nitriles is 1.